The predicted molar refractivity (Wildman–Crippen MR) is 123 cm³/mol. The molecule has 1 aliphatic heterocycles. The van der Waals surface area contributed by atoms with Gasteiger partial charge in [-0.3, -0.25) is 9.47 Å². The van der Waals surface area contributed by atoms with Crippen molar-refractivity contribution in [3.8, 4) is 27.6 Å². The minimum atomic E-state index is -1.25. The smallest absolute Gasteiger partial charge is 0.341 e. The Bertz CT molecular complexity index is 1200. The number of fused-ring (bicyclic) bond motifs is 3. The summed E-state index contributed by atoms with van der Waals surface area (Å²) in [5.41, 5.74) is 6.86. The van der Waals surface area contributed by atoms with Crippen molar-refractivity contribution >= 4 is 17.3 Å². The van der Waals surface area contributed by atoms with Gasteiger partial charge in [0.1, 0.15) is 16.3 Å². The fourth-order valence-corrected chi connectivity index (χ4v) is 4.65. The van der Waals surface area contributed by atoms with Gasteiger partial charge >= 0.3 is 5.97 Å². The van der Waals surface area contributed by atoms with Gasteiger partial charge < -0.3 is 20.0 Å². The second kappa shape index (κ2) is 9.13. The molecule has 0 atom stereocenters. The van der Waals surface area contributed by atoms with Crippen molar-refractivity contribution in [2.75, 3.05) is 25.7 Å². The zero-order valence-corrected chi connectivity index (χ0v) is 19.0. The molecule has 9 heteroatoms. The highest BCUT2D eigenvalue weighted by Crippen LogP contribution is 2.45. The Morgan fingerprint density at radius 2 is 2.12 bits per heavy atom. The van der Waals surface area contributed by atoms with Crippen molar-refractivity contribution < 1.29 is 19.4 Å². The zero-order valence-electron chi connectivity index (χ0n) is 18.2. The van der Waals surface area contributed by atoms with Gasteiger partial charge in [-0.2, -0.15) is 0 Å². The van der Waals surface area contributed by atoms with Gasteiger partial charge in [0, 0.05) is 55.1 Å². The quantitative estimate of drug-likeness (QED) is 0.496. The summed E-state index contributed by atoms with van der Waals surface area (Å²) in [6.07, 6.45) is 3.86. The number of hydrogen-bond acceptors (Lipinski definition) is 7. The maximum absolute atomic E-state index is 12.5. The zero-order chi connectivity index (χ0) is 22.8. The Labute approximate surface area is 189 Å². The van der Waals surface area contributed by atoms with Gasteiger partial charge in [-0.25, -0.2) is 9.78 Å². The highest BCUT2D eigenvalue weighted by Gasteiger charge is 2.28. The number of ether oxygens (including phenoxy) is 2. The van der Waals surface area contributed by atoms with Crippen LogP contribution in [0.5, 0.6) is 5.75 Å². The molecule has 3 heterocycles. The van der Waals surface area contributed by atoms with Crippen LogP contribution in [-0.2, 0) is 11.3 Å². The molecular formula is C23H25N3O5S. The molecule has 2 N–H and O–H groups in total. The summed E-state index contributed by atoms with van der Waals surface area (Å²) in [6, 6.07) is 3.38. The van der Waals surface area contributed by atoms with Crippen LogP contribution in [0, 0.1) is 0 Å². The second-order valence-corrected chi connectivity index (χ2v) is 8.72. The van der Waals surface area contributed by atoms with Gasteiger partial charge in [-0.1, -0.05) is 13.8 Å². The van der Waals surface area contributed by atoms with E-state index in [0.29, 0.717) is 25.5 Å². The molecule has 168 valence electrons. The molecular weight excluding hydrogens is 430 g/mol. The third-order valence-corrected chi connectivity index (χ3v) is 6.20. The van der Waals surface area contributed by atoms with Crippen LogP contribution >= 0.6 is 11.3 Å². The average molecular weight is 456 g/mol. The minimum absolute atomic E-state index is 0.152. The second-order valence-electron chi connectivity index (χ2n) is 7.83. The normalized spacial score (nSPS) is 12.2. The van der Waals surface area contributed by atoms with Gasteiger partial charge in [0.05, 0.1) is 24.4 Å². The summed E-state index contributed by atoms with van der Waals surface area (Å²) < 4.78 is 13.1. The number of benzene rings is 1. The fraction of sp³-hybridized carbons (Fsp3) is 0.348. The monoisotopic (exact) mass is 455 g/mol. The number of nitrogens with zero attached hydrogens (tertiary/aromatic N) is 2. The maximum Gasteiger partial charge on any atom is 0.341 e. The van der Waals surface area contributed by atoms with Crippen molar-refractivity contribution in [2.45, 2.75) is 32.7 Å². The molecule has 8 nitrogen and oxygen atoms in total. The number of aromatic carboxylic acids is 1. The lowest BCUT2D eigenvalue weighted by molar-refractivity contribution is 0.0694. The van der Waals surface area contributed by atoms with Crippen LogP contribution in [0.3, 0.4) is 0 Å². The van der Waals surface area contributed by atoms with Crippen molar-refractivity contribution in [3.63, 3.8) is 0 Å². The number of methoxy groups -OCH3 is 1. The Hall–Kier alpha value is -3.17. The first kappa shape index (κ1) is 22.0. The summed E-state index contributed by atoms with van der Waals surface area (Å²) >= 11 is 1.52. The molecule has 4 rings (SSSR count). The Morgan fingerprint density at radius 1 is 1.31 bits per heavy atom. The molecule has 0 radical (unpaired) electrons. The van der Waals surface area contributed by atoms with E-state index in [1.807, 2.05) is 11.4 Å². The fourth-order valence-electron chi connectivity index (χ4n) is 4.00. The molecule has 0 saturated carbocycles. The molecule has 1 aromatic carbocycles. The molecule has 0 fully saturated rings. The first-order valence-electron chi connectivity index (χ1n) is 10.4. The largest absolute Gasteiger partial charge is 0.492 e. The molecule has 0 spiro atoms. The molecule has 1 aliphatic rings. The van der Waals surface area contributed by atoms with Gasteiger partial charge in [-0.15, -0.1) is 11.3 Å². The Balaban J connectivity index is 1.94. The van der Waals surface area contributed by atoms with Gasteiger partial charge in [0.15, 0.2) is 5.43 Å². The lowest BCUT2D eigenvalue weighted by Crippen LogP contribution is -2.28. The van der Waals surface area contributed by atoms with Crippen molar-refractivity contribution in [3.05, 3.63) is 56.8 Å². The highest BCUT2D eigenvalue weighted by atomic mass is 32.1. The summed E-state index contributed by atoms with van der Waals surface area (Å²) in [5, 5.41) is 12.1. The molecule has 2 aromatic heterocycles. The summed E-state index contributed by atoms with van der Waals surface area (Å²) in [6.45, 7) is 5.82. The third-order valence-electron chi connectivity index (χ3n) is 5.39. The molecule has 0 unspecified atom stereocenters. The van der Waals surface area contributed by atoms with E-state index in [1.54, 1.807) is 18.0 Å². The first-order chi connectivity index (χ1) is 15.4. The van der Waals surface area contributed by atoms with E-state index < -0.39 is 11.4 Å². The van der Waals surface area contributed by atoms with Crippen LogP contribution < -0.4 is 15.6 Å². The summed E-state index contributed by atoms with van der Waals surface area (Å²) in [7, 11) is 1.67. The van der Waals surface area contributed by atoms with Crippen LogP contribution in [0.15, 0.2) is 34.7 Å². The molecule has 0 bridgehead atoms. The molecule has 0 amide bonds. The van der Waals surface area contributed by atoms with Crippen LogP contribution in [0.1, 0.15) is 47.7 Å². The lowest BCUT2D eigenvalue weighted by atomic mass is 9.87. The van der Waals surface area contributed by atoms with E-state index >= 15 is 0 Å². The number of pyridine rings is 1. The number of carboxylic acid groups (broad SMARTS) is 1. The number of nitrogens with one attached hydrogen (secondary N) is 1. The highest BCUT2D eigenvalue weighted by molar-refractivity contribution is 7.13. The van der Waals surface area contributed by atoms with Crippen LogP contribution in [0.2, 0.25) is 0 Å². The third kappa shape index (κ3) is 4.01. The first-order valence-corrected chi connectivity index (χ1v) is 11.3. The number of carbonyl (C=O) groups is 1. The minimum Gasteiger partial charge on any atom is -0.492 e. The Morgan fingerprint density at radius 3 is 2.78 bits per heavy atom. The van der Waals surface area contributed by atoms with Crippen LogP contribution in [0.4, 0.5) is 0 Å². The van der Waals surface area contributed by atoms with E-state index in [2.05, 4.69) is 24.3 Å². The van der Waals surface area contributed by atoms with E-state index in [9.17, 15) is 14.7 Å². The van der Waals surface area contributed by atoms with E-state index in [0.717, 1.165) is 39.4 Å². The number of aromatic nitrogens is 2. The number of rotatable bonds is 8. The summed E-state index contributed by atoms with van der Waals surface area (Å²) in [5.74, 6) is -0.298. The maximum atomic E-state index is 12.5. The van der Waals surface area contributed by atoms with Crippen molar-refractivity contribution in [1.82, 2.24) is 9.66 Å². The van der Waals surface area contributed by atoms with Crippen molar-refractivity contribution in [1.29, 1.82) is 0 Å². The molecule has 0 aliphatic carbocycles. The van der Waals surface area contributed by atoms with Gasteiger partial charge in [0.25, 0.3) is 0 Å². The van der Waals surface area contributed by atoms with E-state index in [4.69, 9.17) is 9.47 Å². The standard InChI is InChI=1S/C23H25N3O5S/c1-13(2)20-16-11-25-26-12-17(23(28)29)19(27)10-18(26)14(16)9-15(22-24-5-8-32-22)21(20)31-7-4-6-30-3/h5,8-10,12-13,25H,4,6-7,11H2,1-3H3,(H,28,29). The summed E-state index contributed by atoms with van der Waals surface area (Å²) in [4.78, 5) is 28.4. The van der Waals surface area contributed by atoms with Gasteiger partial charge in [-0.05, 0) is 17.5 Å². The molecule has 3 aromatic rings. The number of thiazole rings is 1. The van der Waals surface area contributed by atoms with Gasteiger partial charge in [0.2, 0.25) is 0 Å². The van der Waals surface area contributed by atoms with E-state index in [1.165, 1.54) is 23.6 Å². The lowest BCUT2D eigenvalue weighted by Gasteiger charge is -2.30. The Kier molecular flexibility index (Phi) is 6.29. The average Bonchev–Trinajstić information content (AvgIpc) is 3.29. The van der Waals surface area contributed by atoms with Crippen LogP contribution in [0.25, 0.3) is 21.8 Å². The SMILES string of the molecule is COCCCOc1c(-c2nccs2)cc2c(c1C(C)C)CNn1cc(C(=O)O)c(=O)cc1-2. The van der Waals surface area contributed by atoms with Crippen molar-refractivity contribution in [2.24, 2.45) is 0 Å². The van der Waals surface area contributed by atoms with Crippen LogP contribution in [-0.4, -0.2) is 41.1 Å². The molecule has 0 saturated heterocycles. The number of carboxylic acids is 1. The predicted octanol–water partition coefficient (Wildman–Crippen LogP) is 3.93. The number of hydrogen-bond donors (Lipinski definition) is 2. The molecule has 32 heavy (non-hydrogen) atoms. The topological polar surface area (TPSA) is 103 Å². The van der Waals surface area contributed by atoms with E-state index in [-0.39, 0.29) is 11.5 Å².